The van der Waals surface area contributed by atoms with Crippen molar-refractivity contribution in [2.75, 3.05) is 6.61 Å². The van der Waals surface area contributed by atoms with Crippen molar-refractivity contribution < 1.29 is 24.5 Å². The Hall–Kier alpha value is -4.71. The van der Waals surface area contributed by atoms with Gasteiger partial charge in [0.1, 0.15) is 36.3 Å². The number of carboxylic acids is 1. The fourth-order valence-corrected chi connectivity index (χ4v) is 5.40. The third kappa shape index (κ3) is 6.28. The maximum Gasteiger partial charge on any atom is 0.323 e. The fourth-order valence-electron chi connectivity index (χ4n) is 5.40. The number of aliphatic hydroxyl groups excluding tert-OH is 1. The molecule has 0 bridgehead atoms. The molecular formula is C34H33N3O5. The minimum absolute atomic E-state index is 0.123. The lowest BCUT2D eigenvalue weighted by Gasteiger charge is -2.21. The zero-order valence-corrected chi connectivity index (χ0v) is 23.6. The van der Waals surface area contributed by atoms with Gasteiger partial charge in [-0.25, -0.2) is 0 Å². The number of hydrogen-bond acceptors (Lipinski definition) is 7. The molecule has 214 valence electrons. The molecule has 3 N–H and O–H groups in total. The summed E-state index contributed by atoms with van der Waals surface area (Å²) in [5.74, 6) is 0.0501. The molecule has 5 rings (SSSR count). The van der Waals surface area contributed by atoms with Gasteiger partial charge in [-0.3, -0.25) is 15.1 Å². The zero-order valence-electron chi connectivity index (χ0n) is 23.6. The van der Waals surface area contributed by atoms with Crippen LogP contribution in [0.3, 0.4) is 0 Å². The number of nitrogens with zero attached hydrogens (tertiary/aromatic N) is 2. The van der Waals surface area contributed by atoms with Crippen molar-refractivity contribution in [2.24, 2.45) is 0 Å². The van der Waals surface area contributed by atoms with E-state index in [-0.39, 0.29) is 19.3 Å². The summed E-state index contributed by atoms with van der Waals surface area (Å²) in [4.78, 5) is 15.6. The smallest absolute Gasteiger partial charge is 0.323 e. The van der Waals surface area contributed by atoms with E-state index >= 15 is 0 Å². The molecule has 0 saturated heterocycles. The van der Waals surface area contributed by atoms with E-state index < -0.39 is 18.6 Å². The zero-order chi connectivity index (χ0) is 29.6. The van der Waals surface area contributed by atoms with Gasteiger partial charge >= 0.3 is 5.97 Å². The van der Waals surface area contributed by atoms with Crippen LogP contribution in [0.4, 0.5) is 0 Å². The van der Waals surface area contributed by atoms with Crippen LogP contribution in [-0.4, -0.2) is 33.8 Å². The number of hydrogen-bond donors (Lipinski definition) is 3. The van der Waals surface area contributed by atoms with Crippen LogP contribution in [0.25, 0.3) is 11.1 Å². The van der Waals surface area contributed by atoms with Crippen LogP contribution in [0.1, 0.15) is 51.5 Å². The van der Waals surface area contributed by atoms with E-state index in [0.717, 1.165) is 29.5 Å². The summed E-state index contributed by atoms with van der Waals surface area (Å²) in [6.45, 7) is 3.86. The second-order valence-electron chi connectivity index (χ2n) is 10.5. The van der Waals surface area contributed by atoms with E-state index in [9.17, 15) is 20.3 Å². The number of pyridine rings is 1. The number of nitriles is 1. The van der Waals surface area contributed by atoms with Crippen LogP contribution in [0, 0.1) is 25.2 Å². The quantitative estimate of drug-likeness (QED) is 0.221. The number of rotatable bonds is 11. The molecule has 8 nitrogen and oxygen atoms in total. The van der Waals surface area contributed by atoms with Crippen LogP contribution in [0.5, 0.6) is 11.5 Å². The Labute approximate surface area is 245 Å². The third-order valence-electron chi connectivity index (χ3n) is 7.62. The molecule has 0 radical (unpaired) electrons. The number of aromatic nitrogens is 1. The Bertz CT molecular complexity index is 1640. The fraction of sp³-hybridized carbons (Fsp3) is 0.265. The highest BCUT2D eigenvalue weighted by atomic mass is 16.5. The third-order valence-corrected chi connectivity index (χ3v) is 7.62. The Balaban J connectivity index is 1.43. The van der Waals surface area contributed by atoms with Gasteiger partial charge in [0.2, 0.25) is 0 Å². The molecule has 4 aromatic rings. The Morgan fingerprint density at radius 1 is 1.07 bits per heavy atom. The maximum absolute atomic E-state index is 11.4. The van der Waals surface area contributed by atoms with Gasteiger partial charge in [-0.05, 0) is 72.2 Å². The number of carboxylic acid groups (broad SMARTS) is 1. The molecule has 1 aliphatic carbocycles. The predicted octanol–water partition coefficient (Wildman–Crippen LogP) is 5.42. The van der Waals surface area contributed by atoms with Gasteiger partial charge in [-0.1, -0.05) is 42.5 Å². The Morgan fingerprint density at radius 3 is 2.64 bits per heavy atom. The van der Waals surface area contributed by atoms with Crippen molar-refractivity contribution in [1.29, 1.82) is 5.26 Å². The minimum atomic E-state index is -1.14. The number of ether oxygens (including phenoxy) is 2. The number of aryl methyl sites for hydroxylation is 2. The molecule has 0 aliphatic heterocycles. The van der Waals surface area contributed by atoms with Crippen LogP contribution < -0.4 is 14.8 Å². The van der Waals surface area contributed by atoms with Gasteiger partial charge in [0, 0.05) is 36.1 Å². The van der Waals surface area contributed by atoms with E-state index in [1.54, 1.807) is 12.3 Å². The second kappa shape index (κ2) is 12.9. The SMILES string of the molecule is Cc1cc(CN[C@@H](CO)C(=O)O)c(OCc2cncc(C#N)c2)cc1O[C@H]1CCc2c(-c3ccccc3C)cccc21. The molecule has 0 spiro atoms. The largest absolute Gasteiger partial charge is 0.488 e. The average Bonchev–Trinajstić information content (AvgIpc) is 3.41. The molecule has 2 atom stereocenters. The summed E-state index contributed by atoms with van der Waals surface area (Å²) < 4.78 is 12.8. The van der Waals surface area contributed by atoms with Crippen LogP contribution in [0.2, 0.25) is 0 Å². The van der Waals surface area contributed by atoms with Crippen LogP contribution >= 0.6 is 0 Å². The van der Waals surface area contributed by atoms with Crippen molar-refractivity contribution in [3.63, 3.8) is 0 Å². The first kappa shape index (κ1) is 28.8. The lowest BCUT2D eigenvalue weighted by Crippen LogP contribution is -2.39. The van der Waals surface area contributed by atoms with Crippen molar-refractivity contribution in [2.45, 2.75) is 52.0 Å². The lowest BCUT2D eigenvalue weighted by atomic mass is 9.94. The van der Waals surface area contributed by atoms with Gasteiger partial charge in [-0.15, -0.1) is 0 Å². The van der Waals surface area contributed by atoms with Crippen molar-refractivity contribution >= 4 is 5.97 Å². The first-order valence-corrected chi connectivity index (χ1v) is 13.9. The maximum atomic E-state index is 11.4. The van der Waals surface area contributed by atoms with Crippen LogP contribution in [0.15, 0.2) is 73.1 Å². The number of aliphatic carboxylic acids is 1. The lowest BCUT2D eigenvalue weighted by molar-refractivity contribution is -0.140. The van der Waals surface area contributed by atoms with Crippen molar-refractivity contribution in [1.82, 2.24) is 10.3 Å². The Morgan fingerprint density at radius 2 is 1.88 bits per heavy atom. The first-order valence-electron chi connectivity index (χ1n) is 13.9. The summed E-state index contributed by atoms with van der Waals surface area (Å²) in [5.41, 5.74) is 8.95. The van der Waals surface area contributed by atoms with E-state index in [1.165, 1.54) is 34.0 Å². The monoisotopic (exact) mass is 563 g/mol. The number of fused-ring (bicyclic) bond motifs is 1. The highest BCUT2D eigenvalue weighted by molar-refractivity contribution is 5.74. The molecule has 3 aromatic carbocycles. The number of aliphatic hydroxyl groups is 1. The second-order valence-corrected chi connectivity index (χ2v) is 10.5. The summed E-state index contributed by atoms with van der Waals surface area (Å²) >= 11 is 0. The van der Waals surface area contributed by atoms with Gasteiger partial charge in [0.15, 0.2) is 0 Å². The average molecular weight is 564 g/mol. The normalized spacial score (nSPS) is 14.6. The van der Waals surface area contributed by atoms with E-state index in [4.69, 9.17) is 9.47 Å². The molecule has 0 amide bonds. The minimum Gasteiger partial charge on any atom is -0.488 e. The summed E-state index contributed by atoms with van der Waals surface area (Å²) in [6.07, 6.45) is 4.76. The van der Waals surface area contributed by atoms with E-state index in [0.29, 0.717) is 17.1 Å². The Kier molecular flexibility index (Phi) is 8.82. The summed E-state index contributed by atoms with van der Waals surface area (Å²) in [6, 6.07) is 21.2. The van der Waals surface area contributed by atoms with Gasteiger partial charge in [-0.2, -0.15) is 5.26 Å². The highest BCUT2D eigenvalue weighted by Gasteiger charge is 2.28. The van der Waals surface area contributed by atoms with Gasteiger partial charge < -0.3 is 19.7 Å². The van der Waals surface area contributed by atoms with Gasteiger partial charge in [0.05, 0.1) is 12.2 Å². The predicted molar refractivity (Wildman–Crippen MR) is 158 cm³/mol. The molecular weight excluding hydrogens is 530 g/mol. The first-order chi connectivity index (χ1) is 20.4. The molecule has 42 heavy (non-hydrogen) atoms. The summed E-state index contributed by atoms with van der Waals surface area (Å²) in [5, 5.41) is 30.9. The molecule has 0 unspecified atom stereocenters. The number of carbonyl (C=O) groups is 1. The molecule has 0 saturated carbocycles. The topological polar surface area (TPSA) is 125 Å². The number of benzene rings is 3. The standard InChI is InChI=1S/C34H33N3O5/c1-21-6-3-4-7-26(21)27-8-5-9-29-28(27)10-11-31(29)42-32-14-33(41-20-24-13-23(15-35)16-36-17-24)25(12-22(32)2)18-37-30(19-38)34(39)40/h3-9,12-14,16-17,30-31,37-38H,10-11,18-20H2,1-2H3,(H,39,40)/t30-,31-/m0/s1. The molecule has 0 fully saturated rings. The number of nitrogens with one attached hydrogen (secondary N) is 1. The van der Waals surface area contributed by atoms with Crippen LogP contribution in [-0.2, 0) is 24.4 Å². The van der Waals surface area contributed by atoms with Crippen molar-refractivity contribution in [3.8, 4) is 28.7 Å². The molecule has 1 aromatic heterocycles. The van der Waals surface area contributed by atoms with Crippen molar-refractivity contribution in [3.05, 3.63) is 112 Å². The molecule has 1 aliphatic rings. The van der Waals surface area contributed by atoms with E-state index in [2.05, 4.69) is 65.8 Å². The summed E-state index contributed by atoms with van der Waals surface area (Å²) in [7, 11) is 0. The highest BCUT2D eigenvalue weighted by Crippen LogP contribution is 2.42. The van der Waals surface area contributed by atoms with E-state index in [1.807, 2.05) is 19.1 Å². The molecule has 8 heteroatoms. The molecule has 1 heterocycles. The van der Waals surface area contributed by atoms with Gasteiger partial charge in [0.25, 0.3) is 0 Å².